The maximum atomic E-state index is 9.19. The van der Waals surface area contributed by atoms with Crippen LogP contribution in [0.2, 0.25) is 0 Å². The van der Waals surface area contributed by atoms with Crippen molar-refractivity contribution in [3.8, 4) is 11.1 Å². The Balaban J connectivity index is 0.000000526. The molecule has 0 unspecified atom stereocenters. The monoisotopic (exact) mass is 371 g/mol. The van der Waals surface area contributed by atoms with E-state index in [-0.39, 0.29) is 20.4 Å². The molecule has 0 radical (unpaired) electrons. The van der Waals surface area contributed by atoms with Crippen molar-refractivity contribution in [3.63, 3.8) is 0 Å². The summed E-state index contributed by atoms with van der Waals surface area (Å²) in [7, 11) is -3.67. The van der Waals surface area contributed by atoms with Crippen molar-refractivity contribution in [1.82, 2.24) is 0 Å². The molecule has 2 rings (SSSR count). The van der Waals surface area contributed by atoms with Gasteiger partial charge in [0.2, 0.25) is 0 Å². The van der Waals surface area contributed by atoms with Crippen molar-refractivity contribution in [2.75, 3.05) is 12.0 Å². The third kappa shape index (κ3) is 7.75. The van der Waals surface area contributed by atoms with Crippen LogP contribution < -0.4 is 5.73 Å². The fraction of sp³-hybridized carbons (Fsp3) is 0.0769. The zero-order valence-corrected chi connectivity index (χ0v) is 12.5. The van der Waals surface area contributed by atoms with Crippen LogP contribution in [0.15, 0.2) is 48.5 Å². The van der Waals surface area contributed by atoms with Crippen LogP contribution in [-0.2, 0) is 30.5 Å². The Morgan fingerprint density at radius 3 is 2.37 bits per heavy atom. The molecule has 0 aliphatic heterocycles. The van der Waals surface area contributed by atoms with Gasteiger partial charge >= 0.3 is 0 Å². The minimum atomic E-state index is -3.67. The molecule has 0 spiro atoms. The van der Waals surface area contributed by atoms with Crippen LogP contribution in [-0.4, -0.2) is 19.2 Å². The zero-order chi connectivity index (χ0) is 14.5. The van der Waals surface area contributed by atoms with Crippen molar-refractivity contribution in [2.24, 2.45) is 0 Å². The summed E-state index contributed by atoms with van der Waals surface area (Å²) in [6, 6.07) is 16.3. The Labute approximate surface area is 128 Å². The summed E-state index contributed by atoms with van der Waals surface area (Å²) in [5.41, 5.74) is 8.13. The molecule has 0 saturated heterocycles. The number of hydrogen-bond acceptors (Lipinski definition) is 3. The molecule has 0 aliphatic carbocycles. The topological polar surface area (TPSA) is 80.4 Å². The Bertz CT molecular complexity index is 611. The van der Waals surface area contributed by atoms with E-state index in [2.05, 4.69) is 6.07 Å². The van der Waals surface area contributed by atoms with Gasteiger partial charge in [0.25, 0.3) is 10.1 Å². The average Bonchev–Trinajstić information content (AvgIpc) is 2.29. The van der Waals surface area contributed by atoms with E-state index >= 15 is 0 Å². The van der Waals surface area contributed by atoms with Crippen LogP contribution in [0.4, 0.5) is 5.69 Å². The number of hydrogen-bond donors (Lipinski definition) is 2. The number of nitrogen functional groups attached to an aromatic ring is 1. The van der Waals surface area contributed by atoms with Crippen molar-refractivity contribution in [1.29, 1.82) is 0 Å². The summed E-state index contributed by atoms with van der Waals surface area (Å²) in [5, 5.41) is 0. The molecule has 0 bridgehead atoms. The summed E-state index contributed by atoms with van der Waals surface area (Å²) in [6.07, 6.45) is 0.715. The van der Waals surface area contributed by atoms with Crippen LogP contribution in [0.25, 0.3) is 11.1 Å². The summed E-state index contributed by atoms with van der Waals surface area (Å²) >= 11 is 0. The summed E-state index contributed by atoms with van der Waals surface area (Å²) in [5.74, 6) is 0. The molecule has 0 atom stereocenters. The normalized spacial score (nSPS) is 10.5. The van der Waals surface area contributed by atoms with Gasteiger partial charge in [-0.25, -0.2) is 0 Å². The van der Waals surface area contributed by atoms with Crippen LogP contribution in [0, 0.1) is 6.07 Å². The number of rotatable bonds is 1. The first-order valence-corrected chi connectivity index (χ1v) is 6.88. The quantitative estimate of drug-likeness (QED) is 0.349. The first-order chi connectivity index (χ1) is 8.79. The molecule has 2 aromatic carbocycles. The van der Waals surface area contributed by atoms with Crippen LogP contribution in [0.1, 0.15) is 1.37 Å². The van der Waals surface area contributed by atoms with Crippen molar-refractivity contribution < 1.29 is 34.8 Å². The van der Waals surface area contributed by atoms with E-state index in [1.165, 1.54) is 0 Å². The van der Waals surface area contributed by atoms with Crippen molar-refractivity contribution >= 4 is 15.8 Å². The molecule has 0 aromatic heterocycles. The van der Waals surface area contributed by atoms with Crippen LogP contribution >= 0.6 is 0 Å². The number of nitrogens with two attached hydrogens (primary N) is 1. The van der Waals surface area contributed by atoms with E-state index in [1.54, 1.807) is 18.2 Å². The molecule has 4 nitrogen and oxygen atoms in total. The van der Waals surface area contributed by atoms with Gasteiger partial charge in [-0.15, -0.1) is 35.9 Å². The van der Waals surface area contributed by atoms with E-state index in [9.17, 15) is 8.42 Å². The standard InChI is InChI=1S/C12H10N.CH4O3S.Pd/c13-12-9-5-4-8-11(12)10-6-2-1-3-7-10;1-5(2,3)4;/h1-6,8-9H,13H2;1H3,(H,2,3,4);/q-1;;/i6D;;. The molecule has 3 N–H and O–H groups in total. The third-order valence-corrected chi connectivity index (χ3v) is 1.88. The molecule has 0 saturated carbocycles. The molecule has 0 amide bonds. The van der Waals surface area contributed by atoms with E-state index in [0.29, 0.717) is 18.0 Å². The first-order valence-electron chi connectivity index (χ1n) is 5.53. The maximum absolute atomic E-state index is 9.19. The Morgan fingerprint density at radius 2 is 1.84 bits per heavy atom. The predicted molar refractivity (Wildman–Crippen MR) is 72.6 cm³/mol. The second-order valence-electron chi connectivity index (χ2n) is 3.51. The van der Waals surface area contributed by atoms with Gasteiger partial charge in [-0.2, -0.15) is 8.42 Å². The van der Waals surface area contributed by atoms with E-state index in [1.807, 2.05) is 24.3 Å². The molecule has 2 aromatic rings. The van der Waals surface area contributed by atoms with Gasteiger partial charge in [-0.3, -0.25) is 4.55 Å². The summed E-state index contributed by atoms with van der Waals surface area (Å²) in [4.78, 5) is 0. The Hall–Kier alpha value is -1.19. The molecule has 19 heavy (non-hydrogen) atoms. The van der Waals surface area contributed by atoms with Gasteiger partial charge in [0.05, 0.1) is 6.26 Å². The van der Waals surface area contributed by atoms with Crippen LogP contribution in [0.5, 0.6) is 0 Å². The summed E-state index contributed by atoms with van der Waals surface area (Å²) < 4.78 is 33.6. The Kier molecular flexibility index (Phi) is 6.75. The van der Waals surface area contributed by atoms with Gasteiger partial charge in [0.15, 0.2) is 0 Å². The van der Waals surface area contributed by atoms with Gasteiger partial charge < -0.3 is 5.73 Å². The first kappa shape index (κ1) is 15.9. The maximum Gasteiger partial charge on any atom is 0.261 e. The average molecular weight is 372 g/mol. The van der Waals surface area contributed by atoms with E-state index in [4.69, 9.17) is 11.7 Å². The second kappa shape index (κ2) is 8.08. The summed E-state index contributed by atoms with van der Waals surface area (Å²) in [6.45, 7) is 0. The molecule has 106 valence electrons. The fourth-order valence-corrected chi connectivity index (χ4v) is 1.23. The molecule has 0 heterocycles. The van der Waals surface area contributed by atoms with Gasteiger partial charge in [0, 0.05) is 20.4 Å². The second-order valence-corrected chi connectivity index (χ2v) is 4.98. The smallest absolute Gasteiger partial charge is 0.261 e. The van der Waals surface area contributed by atoms with Gasteiger partial charge in [-0.05, 0) is 13.1 Å². The van der Waals surface area contributed by atoms with Gasteiger partial charge in [-0.1, -0.05) is 23.8 Å². The predicted octanol–water partition coefficient (Wildman–Crippen LogP) is 2.24. The minimum absolute atomic E-state index is 0. The number of anilines is 1. The largest absolute Gasteiger partial charge is 0.406 e. The molecule has 6 heteroatoms. The molecule has 0 fully saturated rings. The van der Waals surface area contributed by atoms with Gasteiger partial charge in [0.1, 0.15) is 0 Å². The van der Waals surface area contributed by atoms with E-state index in [0.717, 1.165) is 11.1 Å². The minimum Gasteiger partial charge on any atom is -0.406 e. The van der Waals surface area contributed by atoms with Crippen molar-refractivity contribution in [2.45, 2.75) is 0 Å². The fourth-order valence-electron chi connectivity index (χ4n) is 1.23. The van der Waals surface area contributed by atoms with Crippen LogP contribution in [0.3, 0.4) is 0 Å². The van der Waals surface area contributed by atoms with Crippen molar-refractivity contribution in [3.05, 3.63) is 54.6 Å². The third-order valence-electron chi connectivity index (χ3n) is 1.88. The number of benzene rings is 2. The Morgan fingerprint density at radius 1 is 1.26 bits per heavy atom. The molecular formula is C13H14NO3PdS-. The van der Waals surface area contributed by atoms with E-state index < -0.39 is 10.1 Å². The zero-order valence-electron chi connectivity index (χ0n) is 11.1. The molecular weight excluding hydrogens is 357 g/mol. The SMILES string of the molecule is CS(=O)(=O)O.[2H]c1ccc[c-]c1-c1ccccc1N.[Pd]. The number of para-hydroxylation sites is 1. The molecule has 0 aliphatic rings.